The van der Waals surface area contributed by atoms with Crippen LogP contribution in [0.5, 0.6) is 0 Å². The highest BCUT2D eigenvalue weighted by atomic mass is 35.5. The number of hydrogen-bond acceptors (Lipinski definition) is 2. The summed E-state index contributed by atoms with van der Waals surface area (Å²) in [7, 11) is 0. The quantitative estimate of drug-likeness (QED) is 0.647. The summed E-state index contributed by atoms with van der Waals surface area (Å²) < 4.78 is 27.3. The Kier molecular flexibility index (Phi) is 5.17. The van der Waals surface area contributed by atoms with Crippen LogP contribution in [0.15, 0.2) is 30.3 Å². The van der Waals surface area contributed by atoms with Crippen LogP contribution in [0.25, 0.3) is 0 Å². The Balaban J connectivity index is 2.31. The van der Waals surface area contributed by atoms with Gasteiger partial charge >= 0.3 is 0 Å². The molecule has 0 aromatic heterocycles. The van der Waals surface area contributed by atoms with Crippen molar-refractivity contribution in [3.63, 3.8) is 0 Å². The molecule has 0 amide bonds. The standard InChI is InChI=1S/C15H14Cl2F2N2/c1-8-4-10(14(19)7-13(8)18)15(21-20)6-9-2-3-11(16)12(17)5-9/h2-5,7,15,21H,6,20H2,1H3. The lowest BCUT2D eigenvalue weighted by Crippen LogP contribution is -2.30. The summed E-state index contributed by atoms with van der Waals surface area (Å²) >= 11 is 11.8. The lowest BCUT2D eigenvalue weighted by molar-refractivity contribution is 0.500. The van der Waals surface area contributed by atoms with E-state index in [9.17, 15) is 8.78 Å². The van der Waals surface area contributed by atoms with Crippen LogP contribution in [0.1, 0.15) is 22.7 Å². The van der Waals surface area contributed by atoms with E-state index in [-0.39, 0.29) is 0 Å². The second kappa shape index (κ2) is 6.71. The summed E-state index contributed by atoms with van der Waals surface area (Å²) in [4.78, 5) is 0. The van der Waals surface area contributed by atoms with Crippen molar-refractivity contribution < 1.29 is 8.78 Å². The molecule has 0 aliphatic heterocycles. The fourth-order valence-corrected chi connectivity index (χ4v) is 2.43. The van der Waals surface area contributed by atoms with Gasteiger partial charge in [-0.3, -0.25) is 11.3 Å². The largest absolute Gasteiger partial charge is 0.271 e. The van der Waals surface area contributed by atoms with Gasteiger partial charge in [0.1, 0.15) is 11.6 Å². The highest BCUT2D eigenvalue weighted by Crippen LogP contribution is 2.27. The molecule has 0 aliphatic rings. The first-order valence-electron chi connectivity index (χ1n) is 6.28. The lowest BCUT2D eigenvalue weighted by atomic mass is 9.97. The first kappa shape index (κ1) is 16.2. The Labute approximate surface area is 131 Å². The Morgan fingerprint density at radius 1 is 1.10 bits per heavy atom. The van der Waals surface area contributed by atoms with E-state index in [1.165, 1.54) is 6.07 Å². The highest BCUT2D eigenvalue weighted by Gasteiger charge is 2.17. The van der Waals surface area contributed by atoms with E-state index in [1.54, 1.807) is 25.1 Å². The van der Waals surface area contributed by atoms with Crippen molar-refractivity contribution in [1.82, 2.24) is 5.43 Å². The molecular weight excluding hydrogens is 317 g/mol. The number of nitrogens with two attached hydrogens (primary N) is 1. The minimum absolute atomic E-state index is 0.308. The van der Waals surface area contributed by atoms with E-state index in [0.29, 0.717) is 27.6 Å². The molecule has 0 saturated heterocycles. The highest BCUT2D eigenvalue weighted by molar-refractivity contribution is 6.42. The van der Waals surface area contributed by atoms with E-state index < -0.39 is 17.7 Å². The molecule has 1 unspecified atom stereocenters. The average Bonchev–Trinajstić information content (AvgIpc) is 2.44. The topological polar surface area (TPSA) is 38.0 Å². The minimum atomic E-state index is -0.638. The third kappa shape index (κ3) is 3.71. The fourth-order valence-electron chi connectivity index (χ4n) is 2.11. The zero-order valence-corrected chi connectivity index (χ0v) is 12.8. The molecule has 112 valence electrons. The van der Waals surface area contributed by atoms with Crippen LogP contribution in [0.3, 0.4) is 0 Å². The normalized spacial score (nSPS) is 12.5. The van der Waals surface area contributed by atoms with E-state index in [4.69, 9.17) is 29.0 Å². The molecule has 0 heterocycles. The Hall–Kier alpha value is -1.20. The summed E-state index contributed by atoms with van der Waals surface area (Å²) in [5, 5.41) is 0.863. The first-order valence-corrected chi connectivity index (χ1v) is 7.03. The summed E-state index contributed by atoms with van der Waals surface area (Å²) in [6.45, 7) is 1.57. The zero-order chi connectivity index (χ0) is 15.6. The molecule has 1 atom stereocenters. The average molecular weight is 331 g/mol. The van der Waals surface area contributed by atoms with Crippen LogP contribution in [0.2, 0.25) is 10.0 Å². The van der Waals surface area contributed by atoms with Crippen LogP contribution in [0.4, 0.5) is 8.78 Å². The van der Waals surface area contributed by atoms with Gasteiger partial charge in [-0.05, 0) is 42.7 Å². The summed E-state index contributed by atoms with van der Waals surface area (Å²) in [6.07, 6.45) is 0.398. The van der Waals surface area contributed by atoms with Crippen molar-refractivity contribution in [2.24, 2.45) is 5.84 Å². The SMILES string of the molecule is Cc1cc(C(Cc2ccc(Cl)c(Cl)c2)NN)c(F)cc1F. The van der Waals surface area contributed by atoms with Crippen LogP contribution < -0.4 is 11.3 Å². The Bertz CT molecular complexity index is 662. The molecule has 2 aromatic carbocycles. The number of hydrogen-bond donors (Lipinski definition) is 2. The Morgan fingerprint density at radius 2 is 1.81 bits per heavy atom. The first-order chi connectivity index (χ1) is 9.92. The molecule has 2 nitrogen and oxygen atoms in total. The second-order valence-corrected chi connectivity index (χ2v) is 5.61. The van der Waals surface area contributed by atoms with Gasteiger partial charge in [-0.1, -0.05) is 29.3 Å². The molecule has 0 spiro atoms. The van der Waals surface area contributed by atoms with Crippen molar-refractivity contribution in [1.29, 1.82) is 0 Å². The maximum atomic E-state index is 13.9. The van der Waals surface area contributed by atoms with Gasteiger partial charge in [0.05, 0.1) is 16.1 Å². The van der Waals surface area contributed by atoms with E-state index in [2.05, 4.69) is 5.43 Å². The molecule has 21 heavy (non-hydrogen) atoms. The van der Waals surface area contributed by atoms with Gasteiger partial charge in [-0.2, -0.15) is 0 Å². The van der Waals surface area contributed by atoms with Gasteiger partial charge in [0, 0.05) is 11.6 Å². The van der Waals surface area contributed by atoms with Gasteiger partial charge in [0.15, 0.2) is 0 Å². The Morgan fingerprint density at radius 3 is 2.43 bits per heavy atom. The molecule has 6 heteroatoms. The number of nitrogens with one attached hydrogen (secondary N) is 1. The molecule has 3 N–H and O–H groups in total. The van der Waals surface area contributed by atoms with Crippen molar-refractivity contribution in [3.8, 4) is 0 Å². The van der Waals surface area contributed by atoms with E-state index >= 15 is 0 Å². The summed E-state index contributed by atoms with van der Waals surface area (Å²) in [5.74, 6) is 4.29. The van der Waals surface area contributed by atoms with Crippen molar-refractivity contribution in [2.45, 2.75) is 19.4 Å². The number of halogens is 4. The monoisotopic (exact) mass is 330 g/mol. The van der Waals surface area contributed by atoms with Crippen molar-refractivity contribution in [3.05, 3.63) is 68.7 Å². The van der Waals surface area contributed by atoms with Gasteiger partial charge < -0.3 is 0 Å². The second-order valence-electron chi connectivity index (χ2n) is 4.79. The number of benzene rings is 2. The third-order valence-corrected chi connectivity index (χ3v) is 4.02. The number of hydrazine groups is 1. The maximum absolute atomic E-state index is 13.9. The predicted molar refractivity (Wildman–Crippen MR) is 81.3 cm³/mol. The molecule has 2 rings (SSSR count). The van der Waals surface area contributed by atoms with Crippen LogP contribution >= 0.6 is 23.2 Å². The van der Waals surface area contributed by atoms with Gasteiger partial charge in [-0.25, -0.2) is 8.78 Å². The number of rotatable bonds is 4. The van der Waals surface area contributed by atoms with Gasteiger partial charge in [-0.15, -0.1) is 0 Å². The smallest absolute Gasteiger partial charge is 0.130 e. The summed E-state index contributed by atoms with van der Waals surface area (Å²) in [6, 6.07) is 6.96. The van der Waals surface area contributed by atoms with E-state index in [0.717, 1.165) is 11.6 Å². The summed E-state index contributed by atoms with van der Waals surface area (Å²) in [5.41, 5.74) is 4.06. The molecule has 0 aliphatic carbocycles. The molecule has 0 radical (unpaired) electrons. The third-order valence-electron chi connectivity index (χ3n) is 3.28. The molecular formula is C15H14Cl2F2N2. The van der Waals surface area contributed by atoms with Gasteiger partial charge in [0.2, 0.25) is 0 Å². The predicted octanol–water partition coefficient (Wildman–Crippen LogP) is 4.33. The van der Waals surface area contributed by atoms with Crippen molar-refractivity contribution >= 4 is 23.2 Å². The molecule has 2 aromatic rings. The van der Waals surface area contributed by atoms with Crippen LogP contribution in [-0.4, -0.2) is 0 Å². The van der Waals surface area contributed by atoms with E-state index in [1.807, 2.05) is 0 Å². The van der Waals surface area contributed by atoms with Gasteiger partial charge in [0.25, 0.3) is 0 Å². The maximum Gasteiger partial charge on any atom is 0.130 e. The van der Waals surface area contributed by atoms with Crippen LogP contribution in [0, 0.1) is 18.6 Å². The molecule has 0 fully saturated rings. The zero-order valence-electron chi connectivity index (χ0n) is 11.3. The van der Waals surface area contributed by atoms with Crippen LogP contribution in [-0.2, 0) is 6.42 Å². The molecule has 0 saturated carbocycles. The lowest BCUT2D eigenvalue weighted by Gasteiger charge is -2.18. The minimum Gasteiger partial charge on any atom is -0.271 e. The fraction of sp³-hybridized carbons (Fsp3) is 0.200. The number of aryl methyl sites for hydroxylation is 1. The van der Waals surface area contributed by atoms with Crippen molar-refractivity contribution in [2.75, 3.05) is 0 Å². The molecule has 0 bridgehead atoms.